The molecule has 0 bridgehead atoms. The van der Waals surface area contributed by atoms with Gasteiger partial charge in [-0.1, -0.05) is 12.1 Å². The van der Waals surface area contributed by atoms with Gasteiger partial charge in [-0.15, -0.1) is 0 Å². The number of nitrogens with two attached hydrogens (primary N) is 2. The van der Waals surface area contributed by atoms with E-state index in [9.17, 15) is 4.79 Å². The summed E-state index contributed by atoms with van der Waals surface area (Å²) >= 11 is 0. The molecule has 7 heteroatoms. The number of methoxy groups -OCH3 is 1. The van der Waals surface area contributed by atoms with E-state index in [0.29, 0.717) is 10.8 Å². The molecular weight excluding hydrogens is 270 g/mol. The Balaban J connectivity index is 2.52. The third-order valence-corrected chi connectivity index (χ3v) is 3.03. The molecule has 0 spiro atoms. The summed E-state index contributed by atoms with van der Waals surface area (Å²) in [6, 6.07) is 8.72. The lowest BCUT2D eigenvalue weighted by molar-refractivity contribution is -0.123. The number of nitrogens with one attached hydrogen (secondary N) is 1. The van der Waals surface area contributed by atoms with Crippen molar-refractivity contribution in [3.8, 4) is 11.8 Å². The van der Waals surface area contributed by atoms with Gasteiger partial charge in [-0.2, -0.15) is 5.26 Å². The summed E-state index contributed by atoms with van der Waals surface area (Å²) in [6.07, 6.45) is 1.58. The molecule has 0 saturated heterocycles. The zero-order valence-corrected chi connectivity index (χ0v) is 11.3. The highest BCUT2D eigenvalue weighted by molar-refractivity contribution is 6.20. The van der Waals surface area contributed by atoms with Crippen molar-refractivity contribution in [3.05, 3.63) is 46.7 Å². The highest BCUT2D eigenvalue weighted by atomic mass is 16.5. The fourth-order valence-corrected chi connectivity index (χ4v) is 1.85. The van der Waals surface area contributed by atoms with Crippen molar-refractivity contribution >= 4 is 17.8 Å². The van der Waals surface area contributed by atoms with Gasteiger partial charge in [0.05, 0.1) is 12.8 Å². The second kappa shape index (κ2) is 5.48. The summed E-state index contributed by atoms with van der Waals surface area (Å²) in [4.78, 5) is 11.7. The van der Waals surface area contributed by atoms with Gasteiger partial charge >= 0.3 is 0 Å². The molecule has 1 aromatic carbocycles. The fraction of sp³-hybridized carbons (Fsp3) is 0.0714. The predicted octanol–water partition coefficient (Wildman–Crippen LogP) is 0.508. The van der Waals surface area contributed by atoms with Crippen LogP contribution in [0, 0.1) is 16.7 Å². The van der Waals surface area contributed by atoms with Gasteiger partial charge in [0.1, 0.15) is 17.4 Å². The highest BCUT2D eigenvalue weighted by Gasteiger charge is 2.31. The van der Waals surface area contributed by atoms with Crippen molar-refractivity contribution < 1.29 is 9.53 Å². The van der Waals surface area contributed by atoms with E-state index in [1.165, 1.54) is 0 Å². The number of nitriles is 1. The van der Waals surface area contributed by atoms with Crippen LogP contribution in [0.2, 0.25) is 0 Å². The van der Waals surface area contributed by atoms with Crippen LogP contribution in [0.3, 0.4) is 0 Å². The quantitative estimate of drug-likeness (QED) is 0.538. The summed E-state index contributed by atoms with van der Waals surface area (Å²) in [5.74, 6) is 5.14. The number of hydrogen-bond donors (Lipinski definition) is 3. The third kappa shape index (κ3) is 2.48. The van der Waals surface area contributed by atoms with E-state index in [1.54, 1.807) is 43.5 Å². The number of amidine groups is 1. The van der Waals surface area contributed by atoms with E-state index in [4.69, 9.17) is 27.0 Å². The van der Waals surface area contributed by atoms with E-state index in [2.05, 4.69) is 0 Å². The van der Waals surface area contributed by atoms with Crippen molar-refractivity contribution in [1.29, 1.82) is 10.7 Å². The number of ether oxygens (including phenoxy) is 1. The van der Waals surface area contributed by atoms with E-state index in [1.807, 2.05) is 0 Å². The second-order valence-electron chi connectivity index (χ2n) is 4.26. The lowest BCUT2D eigenvalue weighted by Gasteiger charge is -2.25. The van der Waals surface area contributed by atoms with Crippen LogP contribution in [0.25, 0.3) is 6.08 Å². The van der Waals surface area contributed by atoms with Gasteiger partial charge in [0, 0.05) is 5.57 Å². The minimum absolute atomic E-state index is 0.0509. The number of benzene rings is 1. The molecule has 1 aromatic rings. The number of carbonyl (C=O) groups excluding carboxylic acids is 1. The van der Waals surface area contributed by atoms with E-state index >= 15 is 0 Å². The average Bonchev–Trinajstić information content (AvgIpc) is 2.51. The molecule has 1 aliphatic rings. The molecule has 106 valence electrons. The Bertz CT molecular complexity index is 710. The van der Waals surface area contributed by atoms with Gasteiger partial charge in [-0.05, 0) is 23.8 Å². The molecule has 0 fully saturated rings. The lowest BCUT2D eigenvalue weighted by atomic mass is 9.99. The largest absolute Gasteiger partial charge is 0.497 e. The van der Waals surface area contributed by atoms with Crippen molar-refractivity contribution in [1.82, 2.24) is 5.01 Å². The maximum Gasteiger partial charge on any atom is 0.286 e. The summed E-state index contributed by atoms with van der Waals surface area (Å²) in [6.45, 7) is 0. The molecule has 0 radical (unpaired) electrons. The molecule has 0 atom stereocenters. The summed E-state index contributed by atoms with van der Waals surface area (Å²) in [7, 11) is 1.56. The van der Waals surface area contributed by atoms with Crippen molar-refractivity contribution in [2.75, 3.05) is 7.11 Å². The fourth-order valence-electron chi connectivity index (χ4n) is 1.85. The number of hydrazine groups is 1. The number of hydrogen-bond acceptors (Lipinski definition) is 6. The first kappa shape index (κ1) is 14.3. The molecule has 0 unspecified atom stereocenters. The molecule has 1 amide bonds. The number of amides is 1. The van der Waals surface area contributed by atoms with Crippen LogP contribution in [0.5, 0.6) is 5.75 Å². The molecule has 5 N–H and O–H groups in total. The van der Waals surface area contributed by atoms with Crippen LogP contribution in [-0.4, -0.2) is 23.9 Å². The van der Waals surface area contributed by atoms with Gasteiger partial charge in [-0.25, -0.2) is 10.9 Å². The second-order valence-corrected chi connectivity index (χ2v) is 4.26. The Kier molecular flexibility index (Phi) is 3.73. The molecule has 0 saturated carbocycles. The van der Waals surface area contributed by atoms with Gasteiger partial charge in [0.25, 0.3) is 5.91 Å². The highest BCUT2D eigenvalue weighted by Crippen LogP contribution is 2.23. The zero-order chi connectivity index (χ0) is 15.6. The Labute approximate surface area is 121 Å². The van der Waals surface area contributed by atoms with Crippen LogP contribution in [0.4, 0.5) is 0 Å². The molecule has 2 rings (SSSR count). The zero-order valence-electron chi connectivity index (χ0n) is 11.3. The molecule has 1 heterocycles. The maximum absolute atomic E-state index is 11.7. The summed E-state index contributed by atoms with van der Waals surface area (Å²) in [5.41, 5.74) is 6.44. The van der Waals surface area contributed by atoms with Gasteiger partial charge in [0.15, 0.2) is 5.84 Å². The minimum Gasteiger partial charge on any atom is -0.497 e. The number of carbonyl (C=O) groups is 1. The topological polar surface area (TPSA) is 129 Å². The van der Waals surface area contributed by atoms with Crippen molar-refractivity contribution in [2.45, 2.75) is 0 Å². The normalized spacial score (nSPS) is 17.2. The third-order valence-electron chi connectivity index (χ3n) is 3.03. The van der Waals surface area contributed by atoms with Crippen LogP contribution in [-0.2, 0) is 4.79 Å². The van der Waals surface area contributed by atoms with Gasteiger partial charge in [-0.3, -0.25) is 10.2 Å². The maximum atomic E-state index is 11.7. The van der Waals surface area contributed by atoms with E-state index in [-0.39, 0.29) is 22.7 Å². The first-order valence-electron chi connectivity index (χ1n) is 5.93. The van der Waals surface area contributed by atoms with Crippen LogP contribution in [0.15, 0.2) is 41.1 Å². The summed E-state index contributed by atoms with van der Waals surface area (Å²) < 4.78 is 5.05. The van der Waals surface area contributed by atoms with Gasteiger partial charge in [0.2, 0.25) is 0 Å². The molecule has 0 aliphatic carbocycles. The lowest BCUT2D eigenvalue weighted by Crippen LogP contribution is -2.48. The minimum atomic E-state index is -0.785. The molecule has 21 heavy (non-hydrogen) atoms. The van der Waals surface area contributed by atoms with Crippen LogP contribution >= 0.6 is 0 Å². The van der Waals surface area contributed by atoms with E-state index < -0.39 is 5.91 Å². The first-order chi connectivity index (χ1) is 9.99. The monoisotopic (exact) mass is 283 g/mol. The number of nitrogens with zero attached hydrogens (tertiary/aromatic N) is 2. The SMILES string of the molecule is COc1ccc(/C=C2\C(=N)N(N)C(=O)C(C#N)=C2N)cc1. The average molecular weight is 283 g/mol. The van der Waals surface area contributed by atoms with Gasteiger partial charge < -0.3 is 10.5 Å². The Morgan fingerprint density at radius 3 is 2.52 bits per heavy atom. The molecule has 0 aromatic heterocycles. The first-order valence-corrected chi connectivity index (χ1v) is 5.93. The van der Waals surface area contributed by atoms with Crippen LogP contribution < -0.4 is 16.3 Å². The van der Waals surface area contributed by atoms with Crippen molar-refractivity contribution in [3.63, 3.8) is 0 Å². The predicted molar refractivity (Wildman–Crippen MR) is 76.6 cm³/mol. The Morgan fingerprint density at radius 1 is 1.38 bits per heavy atom. The Morgan fingerprint density at radius 2 is 2.00 bits per heavy atom. The Hall–Kier alpha value is -3.11. The van der Waals surface area contributed by atoms with E-state index in [0.717, 1.165) is 5.56 Å². The molecule has 1 aliphatic heterocycles. The van der Waals surface area contributed by atoms with Crippen LogP contribution in [0.1, 0.15) is 5.56 Å². The molecule has 7 nitrogen and oxygen atoms in total. The van der Waals surface area contributed by atoms with Crippen molar-refractivity contribution in [2.24, 2.45) is 11.6 Å². The molecular formula is C14H13N5O2. The standard InChI is InChI=1S/C14H13N5O2/c1-21-9-4-2-8(3-5-9)6-10-12(16)11(7-15)14(20)19(18)13(10)17/h2-6,17H,16,18H2,1H3/b10-6-,17-13?. The summed E-state index contributed by atoms with van der Waals surface area (Å²) in [5, 5.41) is 17.5. The smallest absolute Gasteiger partial charge is 0.286 e. The number of rotatable bonds is 2.